The van der Waals surface area contributed by atoms with Gasteiger partial charge in [-0.25, -0.2) is 0 Å². The Morgan fingerprint density at radius 3 is 1.47 bits per heavy atom. The van der Waals surface area contributed by atoms with Crippen LogP contribution >= 0.6 is 0 Å². The number of unbranched alkanes of at least 4 members (excludes halogenated alkanes) is 19. The molecule has 2 unspecified atom stereocenters. The standard InChI is InChI=1S/C49H87NO8/c1-6-8-10-12-14-16-18-20-22-23-24-26-27-29-31-33-35-37-39-46(51)56-43-45(44-57-49(48(53)54)55-42-41-50(3,4)5)58-47(52)40-38-36-34-32-30-28-25-21-19-17-15-13-11-9-7-2/h9,11,15,17,21,25,30,32,45,49H,6-8,10,12-14,16,18-20,22-24,26-29,31,33-44H2,1-5H3/b11-9-,17-15-,25-21-,32-30-. The molecular weight excluding hydrogens is 731 g/mol. The zero-order valence-electron chi connectivity index (χ0n) is 37.9. The van der Waals surface area contributed by atoms with E-state index in [1.807, 2.05) is 21.1 Å². The summed E-state index contributed by atoms with van der Waals surface area (Å²) in [5.41, 5.74) is 0. The summed E-state index contributed by atoms with van der Waals surface area (Å²) in [6, 6.07) is 0. The third-order valence-corrected chi connectivity index (χ3v) is 9.84. The smallest absolute Gasteiger partial charge is 0.306 e. The largest absolute Gasteiger partial charge is 0.545 e. The normalized spacial score (nSPS) is 13.3. The third kappa shape index (κ3) is 41.4. The van der Waals surface area contributed by atoms with Crippen LogP contribution in [0, 0.1) is 0 Å². The lowest BCUT2D eigenvalue weighted by Crippen LogP contribution is -2.44. The molecule has 0 saturated carbocycles. The number of aliphatic carboxylic acids is 1. The number of quaternary nitrogens is 1. The number of nitrogens with zero attached hydrogens (tertiary/aromatic N) is 1. The zero-order chi connectivity index (χ0) is 42.8. The summed E-state index contributed by atoms with van der Waals surface area (Å²) in [7, 11) is 5.89. The molecule has 0 aliphatic rings. The Bertz CT molecular complexity index is 1090. The molecule has 0 N–H and O–H groups in total. The second-order valence-corrected chi connectivity index (χ2v) is 16.7. The van der Waals surface area contributed by atoms with Crippen molar-refractivity contribution in [2.45, 2.75) is 200 Å². The van der Waals surface area contributed by atoms with E-state index in [1.165, 1.54) is 96.3 Å². The maximum absolute atomic E-state index is 12.7. The Balaban J connectivity index is 4.44. The van der Waals surface area contributed by atoms with Gasteiger partial charge in [0.25, 0.3) is 0 Å². The summed E-state index contributed by atoms with van der Waals surface area (Å²) >= 11 is 0. The second-order valence-electron chi connectivity index (χ2n) is 16.7. The molecular formula is C49H87NO8. The highest BCUT2D eigenvalue weighted by atomic mass is 16.7. The number of carbonyl (C=O) groups is 3. The van der Waals surface area contributed by atoms with E-state index >= 15 is 0 Å². The van der Waals surface area contributed by atoms with Gasteiger partial charge in [-0.3, -0.25) is 9.59 Å². The molecule has 2 atom stereocenters. The number of carboxylic acid groups (broad SMARTS) is 1. The lowest BCUT2D eigenvalue weighted by Gasteiger charge is -2.26. The van der Waals surface area contributed by atoms with Crippen LogP contribution in [0.15, 0.2) is 48.6 Å². The molecule has 0 bridgehead atoms. The number of allylic oxidation sites excluding steroid dienone is 8. The molecule has 0 aromatic rings. The van der Waals surface area contributed by atoms with Gasteiger partial charge in [0.1, 0.15) is 13.2 Å². The Morgan fingerprint density at radius 1 is 0.534 bits per heavy atom. The number of hydrogen-bond donors (Lipinski definition) is 0. The number of rotatable bonds is 42. The van der Waals surface area contributed by atoms with Gasteiger partial charge in [-0.1, -0.05) is 172 Å². The summed E-state index contributed by atoms with van der Waals surface area (Å²) in [6.45, 7) is 4.58. The second kappa shape index (κ2) is 41.0. The van der Waals surface area contributed by atoms with Crippen LogP contribution in [0.2, 0.25) is 0 Å². The lowest BCUT2D eigenvalue weighted by atomic mass is 10.0. The topological polar surface area (TPSA) is 111 Å². The van der Waals surface area contributed by atoms with Crippen LogP contribution in [0.4, 0.5) is 0 Å². The SMILES string of the molecule is CC/C=C\C/C=C\C/C=C\C/C=C\CCCCC(=O)OC(COC(=O)CCCCCCCCCCCCCCCCCCCC)COC(OCC[N+](C)(C)C)C(=O)[O-]. The molecule has 0 aliphatic heterocycles. The van der Waals surface area contributed by atoms with Gasteiger partial charge in [-0.05, 0) is 51.4 Å². The fraction of sp³-hybridized carbons (Fsp3) is 0.776. The summed E-state index contributed by atoms with van der Waals surface area (Å²) in [5, 5.41) is 11.7. The predicted molar refractivity (Wildman–Crippen MR) is 237 cm³/mol. The van der Waals surface area contributed by atoms with E-state index in [0.29, 0.717) is 17.4 Å². The van der Waals surface area contributed by atoms with E-state index in [0.717, 1.165) is 57.8 Å². The van der Waals surface area contributed by atoms with E-state index in [4.69, 9.17) is 18.9 Å². The van der Waals surface area contributed by atoms with Gasteiger partial charge in [-0.2, -0.15) is 0 Å². The van der Waals surface area contributed by atoms with Crippen LogP contribution in [0.3, 0.4) is 0 Å². The van der Waals surface area contributed by atoms with E-state index in [1.54, 1.807) is 0 Å². The van der Waals surface area contributed by atoms with Gasteiger partial charge in [0.2, 0.25) is 0 Å². The Morgan fingerprint density at radius 2 is 0.983 bits per heavy atom. The molecule has 0 heterocycles. The number of carboxylic acids is 1. The molecule has 0 aliphatic carbocycles. The van der Waals surface area contributed by atoms with E-state index < -0.39 is 24.3 Å². The van der Waals surface area contributed by atoms with Crippen LogP contribution in [0.1, 0.15) is 187 Å². The van der Waals surface area contributed by atoms with Gasteiger partial charge in [0.15, 0.2) is 12.4 Å². The maximum atomic E-state index is 12.7. The van der Waals surface area contributed by atoms with Crippen molar-refractivity contribution in [1.82, 2.24) is 0 Å². The molecule has 0 aromatic carbocycles. The predicted octanol–water partition coefficient (Wildman–Crippen LogP) is 11.1. The van der Waals surface area contributed by atoms with Gasteiger partial charge in [0.05, 0.1) is 40.3 Å². The average Bonchev–Trinajstić information content (AvgIpc) is 3.18. The number of esters is 2. The molecule has 0 spiro atoms. The minimum atomic E-state index is -1.63. The number of likely N-dealkylation sites (N-methyl/N-ethyl adjacent to an activating group) is 1. The van der Waals surface area contributed by atoms with Crippen LogP contribution < -0.4 is 5.11 Å². The highest BCUT2D eigenvalue weighted by Gasteiger charge is 2.21. The summed E-state index contributed by atoms with van der Waals surface area (Å²) in [6.07, 6.45) is 44.3. The van der Waals surface area contributed by atoms with Gasteiger partial charge >= 0.3 is 11.9 Å². The van der Waals surface area contributed by atoms with Crippen molar-refractivity contribution in [2.75, 3.05) is 47.5 Å². The van der Waals surface area contributed by atoms with Crippen molar-refractivity contribution in [3.8, 4) is 0 Å². The molecule has 0 amide bonds. The zero-order valence-corrected chi connectivity index (χ0v) is 37.9. The fourth-order valence-electron chi connectivity index (χ4n) is 6.23. The first-order valence-corrected chi connectivity index (χ1v) is 23.3. The first-order chi connectivity index (χ1) is 28.1. The molecule has 9 nitrogen and oxygen atoms in total. The summed E-state index contributed by atoms with van der Waals surface area (Å²) in [4.78, 5) is 37.0. The third-order valence-electron chi connectivity index (χ3n) is 9.84. The van der Waals surface area contributed by atoms with E-state index in [9.17, 15) is 19.5 Å². The molecule has 0 aromatic heterocycles. The van der Waals surface area contributed by atoms with Crippen molar-refractivity contribution in [3.63, 3.8) is 0 Å². The summed E-state index contributed by atoms with van der Waals surface area (Å²) in [5.74, 6) is -2.34. The molecule has 58 heavy (non-hydrogen) atoms. The van der Waals surface area contributed by atoms with E-state index in [-0.39, 0.29) is 38.6 Å². The molecule has 0 radical (unpaired) electrons. The molecule has 9 heteroatoms. The first-order valence-electron chi connectivity index (χ1n) is 23.3. The number of carbonyl (C=O) groups excluding carboxylic acids is 3. The Labute approximate surface area is 355 Å². The minimum Gasteiger partial charge on any atom is -0.545 e. The highest BCUT2D eigenvalue weighted by molar-refractivity contribution is 5.70. The lowest BCUT2D eigenvalue weighted by molar-refractivity contribution is -0.870. The Hall–Kier alpha value is -2.75. The van der Waals surface area contributed by atoms with Crippen LogP contribution in [-0.2, 0) is 33.3 Å². The van der Waals surface area contributed by atoms with Crippen molar-refractivity contribution < 1.29 is 42.9 Å². The number of ether oxygens (including phenoxy) is 4. The van der Waals surface area contributed by atoms with Crippen molar-refractivity contribution in [1.29, 1.82) is 0 Å². The highest BCUT2D eigenvalue weighted by Crippen LogP contribution is 2.15. The summed E-state index contributed by atoms with van der Waals surface area (Å²) < 4.78 is 22.5. The molecule has 0 saturated heterocycles. The molecule has 0 fully saturated rings. The van der Waals surface area contributed by atoms with Crippen molar-refractivity contribution in [3.05, 3.63) is 48.6 Å². The van der Waals surface area contributed by atoms with Gasteiger partial charge in [-0.15, -0.1) is 0 Å². The van der Waals surface area contributed by atoms with Crippen LogP contribution in [-0.4, -0.2) is 82.3 Å². The minimum absolute atomic E-state index is 0.139. The van der Waals surface area contributed by atoms with Crippen LogP contribution in [0.5, 0.6) is 0 Å². The monoisotopic (exact) mass is 818 g/mol. The van der Waals surface area contributed by atoms with Gasteiger partial charge < -0.3 is 33.3 Å². The van der Waals surface area contributed by atoms with E-state index in [2.05, 4.69) is 62.5 Å². The fourth-order valence-corrected chi connectivity index (χ4v) is 6.23. The average molecular weight is 818 g/mol. The van der Waals surface area contributed by atoms with Crippen LogP contribution in [0.25, 0.3) is 0 Å². The first kappa shape index (κ1) is 55.2. The van der Waals surface area contributed by atoms with Gasteiger partial charge in [0, 0.05) is 12.8 Å². The van der Waals surface area contributed by atoms with Crippen molar-refractivity contribution >= 4 is 17.9 Å². The molecule has 0 rings (SSSR count). The molecule has 336 valence electrons. The van der Waals surface area contributed by atoms with Crippen molar-refractivity contribution in [2.24, 2.45) is 0 Å². The Kier molecular flexibility index (Phi) is 39.1. The quantitative estimate of drug-likeness (QED) is 0.0197. The maximum Gasteiger partial charge on any atom is 0.306 e. The number of hydrogen-bond acceptors (Lipinski definition) is 8.